The number of hydrogen-bond acceptors (Lipinski definition) is 3. The highest BCUT2D eigenvalue weighted by Gasteiger charge is 2.06. The molecule has 0 unspecified atom stereocenters. The summed E-state index contributed by atoms with van der Waals surface area (Å²) < 4.78 is 5.42. The third kappa shape index (κ3) is 4.33. The fraction of sp³-hybridized carbons (Fsp3) is 0.176. The Balaban J connectivity index is 1.94. The molecule has 5 heteroatoms. The number of hydrogen-bond donors (Lipinski definition) is 1. The van der Waals surface area contributed by atoms with E-state index in [-0.39, 0.29) is 18.3 Å². The average molecular weight is 318 g/mol. The van der Waals surface area contributed by atoms with Crippen LogP contribution in [0.3, 0.4) is 0 Å². The molecule has 1 N–H and O–H groups in total. The molecule has 1 amide bonds. The van der Waals surface area contributed by atoms with Gasteiger partial charge in [-0.3, -0.25) is 9.59 Å². The number of carbonyl (C=O) groups excluding carboxylic acids is 2. The minimum atomic E-state index is -0.298. The van der Waals surface area contributed by atoms with Crippen molar-refractivity contribution in [3.05, 3.63) is 58.6 Å². The van der Waals surface area contributed by atoms with Crippen molar-refractivity contribution >= 4 is 29.0 Å². The van der Waals surface area contributed by atoms with Crippen molar-refractivity contribution < 1.29 is 14.3 Å². The van der Waals surface area contributed by atoms with Gasteiger partial charge in [-0.25, -0.2) is 0 Å². The van der Waals surface area contributed by atoms with Gasteiger partial charge in [-0.2, -0.15) is 0 Å². The number of Topliss-reactive ketones (excluding diaryl/α,β-unsaturated/α-hetero) is 1. The maximum absolute atomic E-state index is 11.9. The Morgan fingerprint density at radius 1 is 1.18 bits per heavy atom. The maximum Gasteiger partial charge on any atom is 0.262 e. The lowest BCUT2D eigenvalue weighted by atomic mass is 10.1. The number of nitrogens with one attached hydrogen (secondary N) is 1. The zero-order valence-electron chi connectivity index (χ0n) is 12.4. The first kappa shape index (κ1) is 16.0. The van der Waals surface area contributed by atoms with E-state index in [1.807, 2.05) is 6.92 Å². The second-order valence-corrected chi connectivity index (χ2v) is 5.29. The Morgan fingerprint density at radius 2 is 1.95 bits per heavy atom. The van der Waals surface area contributed by atoms with Gasteiger partial charge in [0.1, 0.15) is 5.75 Å². The monoisotopic (exact) mass is 317 g/mol. The predicted octanol–water partition coefficient (Wildman–Crippen LogP) is 3.87. The van der Waals surface area contributed by atoms with E-state index in [9.17, 15) is 9.59 Å². The van der Waals surface area contributed by atoms with Gasteiger partial charge in [-0.1, -0.05) is 23.7 Å². The number of amides is 1. The van der Waals surface area contributed by atoms with Crippen molar-refractivity contribution in [2.24, 2.45) is 0 Å². The van der Waals surface area contributed by atoms with Gasteiger partial charge in [0.05, 0.1) is 0 Å². The quantitative estimate of drug-likeness (QED) is 0.852. The summed E-state index contributed by atoms with van der Waals surface area (Å²) in [5, 5.41) is 3.34. The van der Waals surface area contributed by atoms with Gasteiger partial charge < -0.3 is 10.1 Å². The first-order valence-electron chi connectivity index (χ1n) is 6.75. The van der Waals surface area contributed by atoms with Gasteiger partial charge in [0.15, 0.2) is 12.4 Å². The highest BCUT2D eigenvalue weighted by molar-refractivity contribution is 6.31. The average Bonchev–Trinajstić information content (AvgIpc) is 2.49. The molecule has 0 aliphatic carbocycles. The summed E-state index contributed by atoms with van der Waals surface area (Å²) in [7, 11) is 0. The zero-order valence-corrected chi connectivity index (χ0v) is 13.1. The molecule has 0 aliphatic rings. The minimum Gasteiger partial charge on any atom is -0.484 e. The summed E-state index contributed by atoms with van der Waals surface area (Å²) in [5.74, 6) is 0.229. The number of anilines is 1. The normalized spacial score (nSPS) is 10.1. The lowest BCUT2D eigenvalue weighted by Gasteiger charge is -2.09. The maximum atomic E-state index is 11.9. The number of halogens is 1. The van der Waals surface area contributed by atoms with E-state index in [1.54, 1.807) is 42.5 Å². The molecular weight excluding hydrogens is 302 g/mol. The Labute approximate surface area is 134 Å². The SMILES string of the molecule is CC(=O)c1cccc(NC(=O)COc2ccc(Cl)c(C)c2)c1. The van der Waals surface area contributed by atoms with Crippen molar-refractivity contribution in [1.29, 1.82) is 0 Å². The summed E-state index contributed by atoms with van der Waals surface area (Å²) in [6.07, 6.45) is 0. The van der Waals surface area contributed by atoms with Crippen LogP contribution in [0.15, 0.2) is 42.5 Å². The second kappa shape index (κ2) is 7.09. The van der Waals surface area contributed by atoms with Crippen LogP contribution in [0, 0.1) is 6.92 Å². The third-order valence-electron chi connectivity index (χ3n) is 3.05. The first-order chi connectivity index (χ1) is 10.5. The molecule has 22 heavy (non-hydrogen) atoms. The van der Waals surface area contributed by atoms with Crippen LogP contribution in [0.25, 0.3) is 0 Å². The molecule has 2 aromatic carbocycles. The Morgan fingerprint density at radius 3 is 2.64 bits per heavy atom. The summed E-state index contributed by atoms with van der Waals surface area (Å²) in [6.45, 7) is 3.22. The third-order valence-corrected chi connectivity index (χ3v) is 3.48. The molecule has 0 atom stereocenters. The fourth-order valence-corrected chi connectivity index (χ4v) is 1.99. The summed E-state index contributed by atoms with van der Waals surface area (Å²) >= 11 is 5.93. The van der Waals surface area contributed by atoms with Gasteiger partial charge in [0.25, 0.3) is 5.91 Å². The van der Waals surface area contributed by atoms with Gasteiger partial charge in [-0.05, 0) is 49.7 Å². The molecule has 0 saturated carbocycles. The Hall–Kier alpha value is -2.33. The molecule has 0 fully saturated rings. The number of benzene rings is 2. The van der Waals surface area contributed by atoms with Crippen LogP contribution in [-0.4, -0.2) is 18.3 Å². The molecule has 2 rings (SSSR count). The summed E-state index contributed by atoms with van der Waals surface area (Å²) in [6, 6.07) is 12.0. The number of rotatable bonds is 5. The van der Waals surface area contributed by atoms with Crippen LogP contribution in [0.2, 0.25) is 5.02 Å². The van der Waals surface area contributed by atoms with Gasteiger partial charge in [0, 0.05) is 16.3 Å². The minimum absolute atomic E-state index is 0.0519. The predicted molar refractivity (Wildman–Crippen MR) is 86.8 cm³/mol. The fourth-order valence-electron chi connectivity index (χ4n) is 1.87. The molecule has 4 nitrogen and oxygen atoms in total. The molecule has 0 bridgehead atoms. The largest absolute Gasteiger partial charge is 0.484 e. The van der Waals surface area contributed by atoms with E-state index >= 15 is 0 Å². The lowest BCUT2D eigenvalue weighted by molar-refractivity contribution is -0.118. The summed E-state index contributed by atoms with van der Waals surface area (Å²) in [5.41, 5.74) is 1.99. The Bertz CT molecular complexity index is 713. The molecule has 0 saturated heterocycles. The van der Waals surface area contributed by atoms with E-state index in [0.717, 1.165) is 5.56 Å². The molecular formula is C17H16ClNO3. The zero-order chi connectivity index (χ0) is 16.1. The highest BCUT2D eigenvalue weighted by atomic mass is 35.5. The van der Waals surface area contributed by atoms with E-state index in [0.29, 0.717) is 22.0 Å². The molecule has 114 valence electrons. The Kier molecular flexibility index (Phi) is 5.17. The second-order valence-electron chi connectivity index (χ2n) is 4.88. The van der Waals surface area contributed by atoms with Gasteiger partial charge in [-0.15, -0.1) is 0 Å². The standard InChI is InChI=1S/C17H16ClNO3/c1-11-8-15(6-7-16(11)18)22-10-17(21)19-14-5-3-4-13(9-14)12(2)20/h3-9H,10H2,1-2H3,(H,19,21). The van der Waals surface area contributed by atoms with Gasteiger partial charge in [0.2, 0.25) is 0 Å². The van der Waals surface area contributed by atoms with Crippen molar-refractivity contribution in [3.8, 4) is 5.75 Å². The van der Waals surface area contributed by atoms with Crippen LogP contribution >= 0.6 is 11.6 Å². The van der Waals surface area contributed by atoms with Crippen LogP contribution in [0.1, 0.15) is 22.8 Å². The van der Waals surface area contributed by atoms with Crippen molar-refractivity contribution in [2.45, 2.75) is 13.8 Å². The topological polar surface area (TPSA) is 55.4 Å². The van der Waals surface area contributed by atoms with E-state index in [2.05, 4.69) is 5.32 Å². The van der Waals surface area contributed by atoms with E-state index < -0.39 is 0 Å². The molecule has 0 aromatic heterocycles. The molecule has 2 aromatic rings. The number of ketones is 1. The van der Waals surface area contributed by atoms with Crippen LogP contribution in [0.4, 0.5) is 5.69 Å². The van der Waals surface area contributed by atoms with Crippen molar-refractivity contribution in [2.75, 3.05) is 11.9 Å². The smallest absolute Gasteiger partial charge is 0.262 e. The summed E-state index contributed by atoms with van der Waals surface area (Å²) in [4.78, 5) is 23.2. The lowest BCUT2D eigenvalue weighted by Crippen LogP contribution is -2.20. The molecule has 0 aliphatic heterocycles. The van der Waals surface area contributed by atoms with Crippen LogP contribution in [0.5, 0.6) is 5.75 Å². The van der Waals surface area contributed by atoms with Gasteiger partial charge >= 0.3 is 0 Å². The first-order valence-corrected chi connectivity index (χ1v) is 7.13. The van der Waals surface area contributed by atoms with Crippen molar-refractivity contribution in [1.82, 2.24) is 0 Å². The van der Waals surface area contributed by atoms with Crippen molar-refractivity contribution in [3.63, 3.8) is 0 Å². The van der Waals surface area contributed by atoms with Crippen LogP contribution in [-0.2, 0) is 4.79 Å². The van der Waals surface area contributed by atoms with Crippen LogP contribution < -0.4 is 10.1 Å². The van der Waals surface area contributed by atoms with E-state index in [1.165, 1.54) is 6.92 Å². The highest BCUT2D eigenvalue weighted by Crippen LogP contribution is 2.21. The molecule has 0 radical (unpaired) electrons. The number of ether oxygens (including phenoxy) is 1. The number of aryl methyl sites for hydroxylation is 1. The number of carbonyl (C=O) groups is 2. The molecule has 0 spiro atoms. The molecule has 0 heterocycles. The van der Waals surface area contributed by atoms with E-state index in [4.69, 9.17) is 16.3 Å².